The summed E-state index contributed by atoms with van der Waals surface area (Å²) in [6, 6.07) is 0. The zero-order chi connectivity index (χ0) is 11.8. The SMILES string of the molecule is C=CC(=O)O.CC(=CCC1CO1)C(=O)O. The number of carboxylic acid groups (broad SMARTS) is 2. The Hall–Kier alpha value is -1.62. The third-order valence-electron chi connectivity index (χ3n) is 1.60. The van der Waals surface area contributed by atoms with Gasteiger partial charge in [0.2, 0.25) is 0 Å². The smallest absolute Gasteiger partial charge is 0.330 e. The highest BCUT2D eigenvalue weighted by Gasteiger charge is 2.20. The lowest BCUT2D eigenvalue weighted by Crippen LogP contribution is -1.96. The van der Waals surface area contributed by atoms with Crippen molar-refractivity contribution in [2.75, 3.05) is 6.61 Å². The largest absolute Gasteiger partial charge is 0.478 e. The van der Waals surface area contributed by atoms with Crippen LogP contribution in [0.5, 0.6) is 0 Å². The predicted octanol–water partition coefficient (Wildman–Crippen LogP) is 1.06. The lowest BCUT2D eigenvalue weighted by atomic mass is 10.2. The molecule has 5 heteroatoms. The summed E-state index contributed by atoms with van der Waals surface area (Å²) in [4.78, 5) is 19.5. The van der Waals surface area contributed by atoms with Crippen LogP contribution in [0.15, 0.2) is 24.3 Å². The molecule has 1 fully saturated rings. The Bertz CT molecular complexity index is 276. The molecule has 1 aliphatic heterocycles. The Morgan fingerprint density at radius 2 is 2.00 bits per heavy atom. The van der Waals surface area contributed by atoms with Crippen LogP contribution in [0, 0.1) is 0 Å². The number of hydrogen-bond acceptors (Lipinski definition) is 3. The van der Waals surface area contributed by atoms with E-state index in [1.54, 1.807) is 13.0 Å². The van der Waals surface area contributed by atoms with Gasteiger partial charge in [0.25, 0.3) is 0 Å². The van der Waals surface area contributed by atoms with Crippen molar-refractivity contribution in [1.82, 2.24) is 0 Å². The highest BCUT2D eigenvalue weighted by molar-refractivity contribution is 5.85. The molecule has 15 heavy (non-hydrogen) atoms. The highest BCUT2D eigenvalue weighted by Crippen LogP contribution is 2.14. The summed E-state index contributed by atoms with van der Waals surface area (Å²) in [7, 11) is 0. The average Bonchev–Trinajstić information content (AvgIpc) is 2.98. The molecule has 2 N–H and O–H groups in total. The van der Waals surface area contributed by atoms with Gasteiger partial charge in [0.15, 0.2) is 0 Å². The first-order chi connectivity index (χ1) is 6.97. The molecule has 5 nitrogen and oxygen atoms in total. The van der Waals surface area contributed by atoms with Crippen molar-refractivity contribution >= 4 is 11.9 Å². The summed E-state index contributed by atoms with van der Waals surface area (Å²) >= 11 is 0. The molecule has 1 heterocycles. The number of hydrogen-bond donors (Lipinski definition) is 2. The molecule has 0 bridgehead atoms. The van der Waals surface area contributed by atoms with Crippen LogP contribution in [-0.4, -0.2) is 34.9 Å². The summed E-state index contributed by atoms with van der Waals surface area (Å²) < 4.78 is 4.90. The van der Waals surface area contributed by atoms with E-state index in [0.29, 0.717) is 5.57 Å². The monoisotopic (exact) mass is 214 g/mol. The Balaban J connectivity index is 0.000000336. The Kier molecular flexibility index (Phi) is 6.05. The summed E-state index contributed by atoms with van der Waals surface area (Å²) in [6.45, 7) is 5.33. The van der Waals surface area contributed by atoms with Gasteiger partial charge in [-0.1, -0.05) is 12.7 Å². The van der Waals surface area contributed by atoms with E-state index in [-0.39, 0.29) is 6.10 Å². The van der Waals surface area contributed by atoms with Gasteiger partial charge in [-0.3, -0.25) is 0 Å². The maximum absolute atomic E-state index is 10.2. The van der Waals surface area contributed by atoms with Crippen molar-refractivity contribution in [3.05, 3.63) is 24.3 Å². The first-order valence-corrected chi connectivity index (χ1v) is 4.34. The number of aliphatic carboxylic acids is 2. The summed E-state index contributed by atoms with van der Waals surface area (Å²) in [5.74, 6) is -1.83. The Morgan fingerprint density at radius 1 is 1.53 bits per heavy atom. The summed E-state index contributed by atoms with van der Waals surface area (Å²) in [5.41, 5.74) is 0.399. The third-order valence-corrected chi connectivity index (χ3v) is 1.60. The van der Waals surface area contributed by atoms with Crippen LogP contribution >= 0.6 is 0 Å². The number of rotatable bonds is 4. The van der Waals surface area contributed by atoms with Gasteiger partial charge >= 0.3 is 11.9 Å². The molecule has 0 saturated carbocycles. The van der Waals surface area contributed by atoms with Crippen molar-refractivity contribution in [1.29, 1.82) is 0 Å². The van der Waals surface area contributed by atoms with E-state index in [1.807, 2.05) is 0 Å². The molecule has 0 aromatic carbocycles. The quantitative estimate of drug-likeness (QED) is 0.539. The number of carboxylic acids is 2. The van der Waals surface area contributed by atoms with Crippen molar-refractivity contribution in [2.24, 2.45) is 0 Å². The lowest BCUT2D eigenvalue weighted by Gasteiger charge is -1.89. The molecule has 1 saturated heterocycles. The lowest BCUT2D eigenvalue weighted by molar-refractivity contribution is -0.133. The fourth-order valence-electron chi connectivity index (χ4n) is 0.600. The van der Waals surface area contributed by atoms with Gasteiger partial charge in [-0.05, 0) is 13.3 Å². The van der Waals surface area contributed by atoms with Crippen molar-refractivity contribution in [3.63, 3.8) is 0 Å². The van der Waals surface area contributed by atoms with E-state index < -0.39 is 11.9 Å². The zero-order valence-electron chi connectivity index (χ0n) is 8.47. The van der Waals surface area contributed by atoms with Gasteiger partial charge in [-0.25, -0.2) is 9.59 Å². The first kappa shape index (κ1) is 13.4. The number of epoxide rings is 1. The molecule has 1 unspecified atom stereocenters. The molecule has 0 amide bonds. The molecule has 0 spiro atoms. The molecule has 84 valence electrons. The normalized spacial score (nSPS) is 18.5. The predicted molar refractivity (Wildman–Crippen MR) is 53.6 cm³/mol. The van der Waals surface area contributed by atoms with Crippen molar-refractivity contribution < 1.29 is 24.5 Å². The van der Waals surface area contributed by atoms with Gasteiger partial charge < -0.3 is 14.9 Å². The van der Waals surface area contributed by atoms with E-state index in [0.717, 1.165) is 19.1 Å². The van der Waals surface area contributed by atoms with Gasteiger partial charge in [0.05, 0.1) is 12.7 Å². The maximum atomic E-state index is 10.2. The maximum Gasteiger partial charge on any atom is 0.330 e. The minimum atomic E-state index is -0.981. The molecular weight excluding hydrogens is 200 g/mol. The minimum Gasteiger partial charge on any atom is -0.478 e. The summed E-state index contributed by atoms with van der Waals surface area (Å²) in [5, 5.41) is 16.0. The number of ether oxygens (including phenoxy) is 1. The van der Waals surface area contributed by atoms with E-state index >= 15 is 0 Å². The third kappa shape index (κ3) is 8.70. The molecule has 1 atom stereocenters. The van der Waals surface area contributed by atoms with Crippen LogP contribution in [0.4, 0.5) is 0 Å². The van der Waals surface area contributed by atoms with Gasteiger partial charge in [0.1, 0.15) is 0 Å². The molecule has 1 rings (SSSR count). The minimum absolute atomic E-state index is 0.286. The molecule has 0 aliphatic carbocycles. The Morgan fingerprint density at radius 3 is 2.27 bits per heavy atom. The van der Waals surface area contributed by atoms with Crippen LogP contribution in [-0.2, 0) is 14.3 Å². The molecule has 0 radical (unpaired) electrons. The molecule has 1 aliphatic rings. The van der Waals surface area contributed by atoms with Gasteiger partial charge in [-0.2, -0.15) is 0 Å². The standard InChI is InChI=1S/C7H10O3.C3H4O2/c1-5(7(8)9)2-3-6-4-10-6;1-2-3(4)5/h2,6H,3-4H2,1H3,(H,8,9);2H,1H2,(H,4,5). The van der Waals surface area contributed by atoms with Crippen LogP contribution in [0.25, 0.3) is 0 Å². The first-order valence-electron chi connectivity index (χ1n) is 4.34. The molecular formula is C10H14O5. The van der Waals surface area contributed by atoms with Gasteiger partial charge in [0, 0.05) is 11.6 Å². The van der Waals surface area contributed by atoms with E-state index in [2.05, 4.69) is 6.58 Å². The summed E-state index contributed by atoms with van der Waals surface area (Å²) in [6.07, 6.45) is 3.55. The van der Waals surface area contributed by atoms with Crippen molar-refractivity contribution in [2.45, 2.75) is 19.4 Å². The number of carbonyl (C=O) groups is 2. The zero-order valence-corrected chi connectivity index (χ0v) is 8.47. The Labute approximate surface area is 87.7 Å². The van der Waals surface area contributed by atoms with Crippen LogP contribution in [0.3, 0.4) is 0 Å². The molecule has 0 aromatic rings. The molecule has 0 aromatic heterocycles. The van der Waals surface area contributed by atoms with E-state index in [1.165, 1.54) is 0 Å². The van der Waals surface area contributed by atoms with Gasteiger partial charge in [-0.15, -0.1) is 0 Å². The van der Waals surface area contributed by atoms with Crippen molar-refractivity contribution in [3.8, 4) is 0 Å². The fraction of sp³-hybridized carbons (Fsp3) is 0.400. The van der Waals surface area contributed by atoms with Crippen LogP contribution in [0.2, 0.25) is 0 Å². The second kappa shape index (κ2) is 6.78. The van der Waals surface area contributed by atoms with E-state index in [4.69, 9.17) is 14.9 Å². The highest BCUT2D eigenvalue weighted by atomic mass is 16.6. The second-order valence-electron chi connectivity index (χ2n) is 2.93. The van der Waals surface area contributed by atoms with E-state index in [9.17, 15) is 9.59 Å². The fourth-order valence-corrected chi connectivity index (χ4v) is 0.600. The van der Waals surface area contributed by atoms with Crippen LogP contribution in [0.1, 0.15) is 13.3 Å². The van der Waals surface area contributed by atoms with Crippen LogP contribution < -0.4 is 0 Å². The second-order valence-corrected chi connectivity index (χ2v) is 2.93. The average molecular weight is 214 g/mol. The topological polar surface area (TPSA) is 87.1 Å².